The monoisotopic (exact) mass is 276 g/mol. The molecule has 0 unspecified atom stereocenters. The molecule has 0 spiro atoms. The molecule has 0 atom stereocenters. The van der Waals surface area contributed by atoms with Crippen LogP contribution in [0.4, 0.5) is 0 Å². The summed E-state index contributed by atoms with van der Waals surface area (Å²) in [6.07, 6.45) is 3.31. The molecule has 1 aromatic carbocycles. The first kappa shape index (κ1) is 13.3. The summed E-state index contributed by atoms with van der Waals surface area (Å²) < 4.78 is 11.1. The molecule has 4 nitrogen and oxygen atoms in total. The van der Waals surface area contributed by atoms with Gasteiger partial charge in [0.1, 0.15) is 13.2 Å². The van der Waals surface area contributed by atoms with Crippen LogP contribution in [0, 0.1) is 5.92 Å². The first-order valence-electron chi connectivity index (χ1n) is 7.25. The number of carboxylic acids is 1. The molecule has 1 heterocycles. The van der Waals surface area contributed by atoms with E-state index in [0.717, 1.165) is 18.4 Å². The number of benzene rings is 1. The molecule has 1 aliphatic carbocycles. The average molecular weight is 276 g/mol. The zero-order chi connectivity index (χ0) is 14.2. The van der Waals surface area contributed by atoms with Gasteiger partial charge >= 0.3 is 5.97 Å². The van der Waals surface area contributed by atoms with Gasteiger partial charge in [-0.15, -0.1) is 0 Å². The van der Waals surface area contributed by atoms with E-state index in [1.165, 1.54) is 0 Å². The van der Waals surface area contributed by atoms with E-state index in [1.807, 2.05) is 18.2 Å². The Hall–Kier alpha value is -1.71. The van der Waals surface area contributed by atoms with Crippen LogP contribution < -0.4 is 9.47 Å². The maximum atomic E-state index is 11.9. The van der Waals surface area contributed by atoms with Crippen molar-refractivity contribution in [2.24, 2.45) is 5.92 Å². The van der Waals surface area contributed by atoms with Gasteiger partial charge in [0.25, 0.3) is 0 Å². The Bertz CT molecular complexity index is 515. The third-order valence-corrected chi connectivity index (χ3v) is 4.63. The topological polar surface area (TPSA) is 55.8 Å². The molecule has 4 heteroatoms. The highest BCUT2D eigenvalue weighted by molar-refractivity contribution is 5.82. The lowest BCUT2D eigenvalue weighted by molar-refractivity contribution is -0.145. The van der Waals surface area contributed by atoms with E-state index in [-0.39, 0.29) is 0 Å². The van der Waals surface area contributed by atoms with Crippen molar-refractivity contribution >= 4 is 5.97 Å². The average Bonchev–Trinajstić information content (AvgIpc) is 2.47. The standard InChI is InChI=1S/C16H20O4/c1-11-4-6-16(7-5-11,15(17)18)12-2-3-13-14(10-12)20-9-8-19-13/h2-3,10-11H,4-9H2,1H3,(H,17,18). The number of aliphatic carboxylic acids is 1. The molecule has 0 radical (unpaired) electrons. The van der Waals surface area contributed by atoms with Crippen LogP contribution in [-0.2, 0) is 10.2 Å². The van der Waals surface area contributed by atoms with Crippen molar-refractivity contribution in [3.05, 3.63) is 23.8 Å². The smallest absolute Gasteiger partial charge is 0.314 e. The van der Waals surface area contributed by atoms with Gasteiger partial charge in [0, 0.05) is 0 Å². The maximum absolute atomic E-state index is 11.9. The molecule has 1 aromatic rings. The molecule has 2 aliphatic rings. The second-order valence-electron chi connectivity index (χ2n) is 5.93. The molecular formula is C16H20O4. The van der Waals surface area contributed by atoms with Gasteiger partial charge in [0.05, 0.1) is 5.41 Å². The second-order valence-corrected chi connectivity index (χ2v) is 5.93. The van der Waals surface area contributed by atoms with Gasteiger partial charge in [-0.2, -0.15) is 0 Å². The summed E-state index contributed by atoms with van der Waals surface area (Å²) >= 11 is 0. The fourth-order valence-corrected chi connectivity index (χ4v) is 3.22. The Balaban J connectivity index is 1.98. The molecule has 3 rings (SSSR count). The zero-order valence-corrected chi connectivity index (χ0v) is 11.7. The number of carboxylic acid groups (broad SMARTS) is 1. The number of hydrogen-bond donors (Lipinski definition) is 1. The minimum Gasteiger partial charge on any atom is -0.486 e. The summed E-state index contributed by atoms with van der Waals surface area (Å²) in [6.45, 7) is 3.26. The van der Waals surface area contributed by atoms with Gasteiger partial charge in [0.15, 0.2) is 11.5 Å². The van der Waals surface area contributed by atoms with E-state index in [1.54, 1.807) is 0 Å². The first-order valence-corrected chi connectivity index (χ1v) is 7.25. The van der Waals surface area contributed by atoms with Crippen molar-refractivity contribution in [1.29, 1.82) is 0 Å². The predicted molar refractivity (Wildman–Crippen MR) is 74.4 cm³/mol. The van der Waals surface area contributed by atoms with Crippen molar-refractivity contribution in [2.75, 3.05) is 13.2 Å². The Kier molecular flexibility index (Phi) is 3.32. The number of fused-ring (bicyclic) bond motifs is 1. The number of carbonyl (C=O) groups is 1. The van der Waals surface area contributed by atoms with E-state index in [9.17, 15) is 9.90 Å². The lowest BCUT2D eigenvalue weighted by Crippen LogP contribution is -2.39. The minimum atomic E-state index is -0.762. The molecule has 0 bridgehead atoms. The van der Waals surface area contributed by atoms with Crippen LogP contribution in [0.25, 0.3) is 0 Å². The van der Waals surface area contributed by atoms with Gasteiger partial charge in [-0.3, -0.25) is 4.79 Å². The minimum absolute atomic E-state index is 0.521. The lowest BCUT2D eigenvalue weighted by Gasteiger charge is -2.36. The van der Waals surface area contributed by atoms with Gasteiger partial charge < -0.3 is 14.6 Å². The fraction of sp³-hybridized carbons (Fsp3) is 0.562. The van der Waals surface area contributed by atoms with Crippen molar-refractivity contribution in [3.8, 4) is 11.5 Å². The molecular weight excluding hydrogens is 256 g/mol. The van der Waals surface area contributed by atoms with Crippen LogP contribution in [0.1, 0.15) is 38.2 Å². The van der Waals surface area contributed by atoms with Crippen molar-refractivity contribution < 1.29 is 19.4 Å². The Morgan fingerprint density at radius 3 is 2.50 bits per heavy atom. The largest absolute Gasteiger partial charge is 0.486 e. The van der Waals surface area contributed by atoms with E-state index >= 15 is 0 Å². The first-order chi connectivity index (χ1) is 9.62. The van der Waals surface area contributed by atoms with Gasteiger partial charge in [0.2, 0.25) is 0 Å². The summed E-state index contributed by atoms with van der Waals surface area (Å²) in [7, 11) is 0. The second kappa shape index (κ2) is 5.00. The number of hydrogen-bond acceptors (Lipinski definition) is 3. The molecule has 0 saturated heterocycles. The van der Waals surface area contributed by atoms with Crippen molar-refractivity contribution in [3.63, 3.8) is 0 Å². The van der Waals surface area contributed by atoms with Crippen LogP contribution in [0.15, 0.2) is 18.2 Å². The molecule has 0 amide bonds. The van der Waals surface area contributed by atoms with Crippen molar-refractivity contribution in [1.82, 2.24) is 0 Å². The fourth-order valence-electron chi connectivity index (χ4n) is 3.22. The van der Waals surface area contributed by atoms with Gasteiger partial charge in [-0.05, 0) is 49.3 Å². The highest BCUT2D eigenvalue weighted by Crippen LogP contribution is 2.44. The van der Waals surface area contributed by atoms with Crippen LogP contribution in [0.2, 0.25) is 0 Å². The Labute approximate surface area is 118 Å². The molecule has 20 heavy (non-hydrogen) atoms. The summed E-state index contributed by atoms with van der Waals surface area (Å²) in [6, 6.07) is 5.59. The molecule has 0 aromatic heterocycles. The summed E-state index contributed by atoms with van der Waals surface area (Å²) in [4.78, 5) is 11.9. The van der Waals surface area contributed by atoms with E-state index in [4.69, 9.17) is 9.47 Å². The molecule has 1 aliphatic heterocycles. The van der Waals surface area contributed by atoms with E-state index in [0.29, 0.717) is 43.5 Å². The molecule has 1 N–H and O–H groups in total. The third-order valence-electron chi connectivity index (χ3n) is 4.63. The quantitative estimate of drug-likeness (QED) is 0.902. The van der Waals surface area contributed by atoms with Crippen LogP contribution >= 0.6 is 0 Å². The number of ether oxygens (including phenoxy) is 2. The third kappa shape index (κ3) is 2.13. The Morgan fingerprint density at radius 2 is 1.85 bits per heavy atom. The summed E-state index contributed by atoms with van der Waals surface area (Å²) in [5, 5.41) is 9.76. The van der Waals surface area contributed by atoms with Gasteiger partial charge in [-0.1, -0.05) is 13.0 Å². The van der Waals surface area contributed by atoms with Crippen LogP contribution in [-0.4, -0.2) is 24.3 Å². The highest BCUT2D eigenvalue weighted by atomic mass is 16.6. The van der Waals surface area contributed by atoms with Crippen molar-refractivity contribution in [2.45, 2.75) is 38.0 Å². The Morgan fingerprint density at radius 1 is 1.20 bits per heavy atom. The molecule has 108 valence electrons. The normalized spacial score (nSPS) is 28.9. The summed E-state index contributed by atoms with van der Waals surface area (Å²) in [5.74, 6) is 1.28. The van der Waals surface area contributed by atoms with Gasteiger partial charge in [-0.25, -0.2) is 0 Å². The summed E-state index contributed by atoms with van der Waals surface area (Å²) in [5.41, 5.74) is 0.0867. The lowest BCUT2D eigenvalue weighted by atomic mass is 9.67. The van der Waals surface area contributed by atoms with E-state index < -0.39 is 11.4 Å². The number of rotatable bonds is 2. The zero-order valence-electron chi connectivity index (χ0n) is 11.7. The van der Waals surface area contributed by atoms with Crippen LogP contribution in [0.5, 0.6) is 11.5 Å². The van der Waals surface area contributed by atoms with E-state index in [2.05, 4.69) is 6.92 Å². The maximum Gasteiger partial charge on any atom is 0.314 e. The molecule has 1 fully saturated rings. The van der Waals surface area contributed by atoms with Crippen LogP contribution in [0.3, 0.4) is 0 Å². The predicted octanol–water partition coefficient (Wildman–Crippen LogP) is 2.99. The SMILES string of the molecule is CC1CCC(C(=O)O)(c2ccc3c(c2)OCCO3)CC1. The molecule has 1 saturated carbocycles. The highest BCUT2D eigenvalue weighted by Gasteiger charge is 2.43.